The highest BCUT2D eigenvalue weighted by molar-refractivity contribution is 6.23. The quantitative estimate of drug-likeness (QED) is 0.380. The number of rotatable bonds is 1. The molecule has 1 heterocycles. The van der Waals surface area contributed by atoms with E-state index in [1.54, 1.807) is 0 Å². The van der Waals surface area contributed by atoms with E-state index in [1.807, 2.05) is 30.3 Å². The van der Waals surface area contributed by atoms with Gasteiger partial charge in [-0.1, -0.05) is 41.9 Å². The molecule has 0 bridgehead atoms. The molecule has 10 heavy (non-hydrogen) atoms. The number of benzene rings is 1. The number of halogens is 1. The Morgan fingerprint density at radius 2 is 1.90 bits per heavy atom. The Kier molecular flexibility index (Phi) is 1.20. The van der Waals surface area contributed by atoms with Crippen molar-refractivity contribution in [3.05, 3.63) is 35.9 Å². The minimum atomic E-state index is -0.735. The summed E-state index contributed by atoms with van der Waals surface area (Å²) < 4.78 is 0. The zero-order valence-corrected chi connectivity index (χ0v) is 5.93. The Bertz CT molecular complexity index is 233. The summed E-state index contributed by atoms with van der Waals surface area (Å²) in [6, 6.07) is 9.60. The van der Waals surface area contributed by atoms with Gasteiger partial charge in [0, 0.05) is 5.56 Å². The Labute approximate surface area is 63.7 Å². The lowest BCUT2D eigenvalue weighted by molar-refractivity contribution is 0.354. The lowest BCUT2D eigenvalue weighted by Crippen LogP contribution is -2.01. The van der Waals surface area contributed by atoms with Gasteiger partial charge in [0.05, 0.1) is 0 Å². The van der Waals surface area contributed by atoms with Gasteiger partial charge in [0.25, 0.3) is 5.18 Å². The van der Waals surface area contributed by atoms with Crippen LogP contribution in [0.25, 0.3) is 0 Å². The van der Waals surface area contributed by atoms with E-state index in [9.17, 15) is 0 Å². The van der Waals surface area contributed by atoms with E-state index in [-0.39, 0.29) is 0 Å². The molecule has 0 amide bonds. The molecular weight excluding hydrogens is 150 g/mol. The summed E-state index contributed by atoms with van der Waals surface area (Å²) in [5.41, 5.74) is 3.53. The molecule has 0 aliphatic carbocycles. The standard InChI is InChI=1S/C7H6ClNO/c8-7(9-10-7)6-4-2-1-3-5-6/h1-5,9H. The number of alkyl halides is 1. The van der Waals surface area contributed by atoms with Crippen LogP contribution < -0.4 is 5.48 Å². The summed E-state index contributed by atoms with van der Waals surface area (Å²) in [4.78, 5) is 4.80. The van der Waals surface area contributed by atoms with Crippen LogP contribution in [0.2, 0.25) is 0 Å². The first kappa shape index (κ1) is 6.16. The van der Waals surface area contributed by atoms with Crippen LogP contribution in [0.15, 0.2) is 30.3 Å². The third-order valence-corrected chi connectivity index (χ3v) is 1.80. The van der Waals surface area contributed by atoms with Crippen LogP contribution in [-0.4, -0.2) is 0 Å². The van der Waals surface area contributed by atoms with Crippen molar-refractivity contribution >= 4 is 11.6 Å². The van der Waals surface area contributed by atoms with Gasteiger partial charge in [-0.2, -0.15) is 0 Å². The Hall–Kier alpha value is -0.570. The lowest BCUT2D eigenvalue weighted by atomic mass is 10.2. The zero-order valence-electron chi connectivity index (χ0n) is 5.17. The largest absolute Gasteiger partial charge is 0.262 e. The predicted molar refractivity (Wildman–Crippen MR) is 38.2 cm³/mol. The van der Waals surface area contributed by atoms with Crippen LogP contribution in [0.4, 0.5) is 0 Å². The minimum absolute atomic E-state index is 0.735. The van der Waals surface area contributed by atoms with Gasteiger partial charge in [-0.25, -0.2) is 0 Å². The highest BCUT2D eigenvalue weighted by Gasteiger charge is 2.44. The maximum absolute atomic E-state index is 5.84. The van der Waals surface area contributed by atoms with Crippen LogP contribution >= 0.6 is 11.6 Å². The SMILES string of the molecule is ClC1(c2ccccc2)NO1. The van der Waals surface area contributed by atoms with Gasteiger partial charge in [0.2, 0.25) is 0 Å². The molecule has 52 valence electrons. The molecule has 1 unspecified atom stereocenters. The average Bonchev–Trinajstić information content (AvgIpc) is 2.72. The highest BCUT2D eigenvalue weighted by Crippen LogP contribution is 2.36. The maximum Gasteiger partial charge on any atom is 0.262 e. The van der Waals surface area contributed by atoms with Gasteiger partial charge >= 0.3 is 0 Å². The smallest absolute Gasteiger partial charge is 0.252 e. The molecule has 1 aromatic rings. The molecule has 2 rings (SSSR count). The van der Waals surface area contributed by atoms with Crippen molar-refractivity contribution < 1.29 is 4.84 Å². The molecule has 1 aliphatic heterocycles. The Balaban J connectivity index is 2.35. The molecule has 2 nitrogen and oxygen atoms in total. The van der Waals surface area contributed by atoms with Crippen LogP contribution in [0.5, 0.6) is 0 Å². The molecule has 1 aliphatic rings. The van der Waals surface area contributed by atoms with Crippen molar-refractivity contribution in [2.24, 2.45) is 0 Å². The van der Waals surface area contributed by atoms with Crippen LogP contribution in [-0.2, 0) is 10.0 Å². The van der Waals surface area contributed by atoms with E-state index in [0.717, 1.165) is 5.56 Å². The lowest BCUT2D eigenvalue weighted by Gasteiger charge is -1.97. The topological polar surface area (TPSA) is 34.5 Å². The number of hydrogen-bond donors (Lipinski definition) is 1. The second kappa shape index (κ2) is 1.95. The number of hydroxylamine groups is 1. The van der Waals surface area contributed by atoms with Crippen LogP contribution in [0, 0.1) is 0 Å². The first-order valence-electron chi connectivity index (χ1n) is 3.01. The highest BCUT2D eigenvalue weighted by atomic mass is 35.5. The average molecular weight is 156 g/mol. The van der Waals surface area contributed by atoms with Crippen molar-refractivity contribution in [3.8, 4) is 0 Å². The predicted octanol–water partition coefficient (Wildman–Crippen LogP) is 1.57. The van der Waals surface area contributed by atoms with E-state index in [2.05, 4.69) is 5.48 Å². The van der Waals surface area contributed by atoms with Gasteiger partial charge in [0.1, 0.15) is 0 Å². The summed E-state index contributed by atoms with van der Waals surface area (Å²) >= 11 is 5.84. The van der Waals surface area contributed by atoms with Gasteiger partial charge in [-0.3, -0.25) is 4.84 Å². The van der Waals surface area contributed by atoms with Crippen molar-refractivity contribution in [3.63, 3.8) is 0 Å². The third-order valence-electron chi connectivity index (χ3n) is 1.43. The third kappa shape index (κ3) is 0.904. The van der Waals surface area contributed by atoms with Gasteiger partial charge in [-0.05, 0) is 0 Å². The van der Waals surface area contributed by atoms with Crippen LogP contribution in [0.1, 0.15) is 5.56 Å². The zero-order chi connectivity index (χ0) is 7.03. The summed E-state index contributed by atoms with van der Waals surface area (Å²) in [5, 5.41) is -0.735. The number of hydrogen-bond acceptors (Lipinski definition) is 2. The van der Waals surface area contributed by atoms with E-state index >= 15 is 0 Å². The summed E-state index contributed by atoms with van der Waals surface area (Å²) in [7, 11) is 0. The molecule has 1 N–H and O–H groups in total. The van der Waals surface area contributed by atoms with E-state index in [0.29, 0.717) is 0 Å². The fourth-order valence-electron chi connectivity index (χ4n) is 0.815. The molecule has 1 saturated heterocycles. The monoisotopic (exact) mass is 155 g/mol. The fourth-order valence-corrected chi connectivity index (χ4v) is 0.980. The number of nitrogens with one attached hydrogen (secondary N) is 1. The molecule has 0 saturated carbocycles. The second-order valence-electron chi connectivity index (χ2n) is 2.17. The van der Waals surface area contributed by atoms with Crippen LogP contribution in [0.3, 0.4) is 0 Å². The fraction of sp³-hybridized carbons (Fsp3) is 0.143. The normalized spacial score (nSPS) is 30.1. The van der Waals surface area contributed by atoms with Gasteiger partial charge < -0.3 is 0 Å². The van der Waals surface area contributed by atoms with E-state index < -0.39 is 5.18 Å². The maximum atomic E-state index is 5.84. The molecule has 1 aromatic carbocycles. The van der Waals surface area contributed by atoms with Gasteiger partial charge in [-0.15, -0.1) is 5.48 Å². The molecule has 1 fully saturated rings. The van der Waals surface area contributed by atoms with Crippen molar-refractivity contribution in [2.45, 2.75) is 5.18 Å². The summed E-state index contributed by atoms with van der Waals surface area (Å²) in [6.45, 7) is 0. The first-order valence-corrected chi connectivity index (χ1v) is 3.39. The molecule has 1 atom stereocenters. The van der Waals surface area contributed by atoms with Gasteiger partial charge in [0.15, 0.2) is 0 Å². The van der Waals surface area contributed by atoms with Crippen molar-refractivity contribution in [1.82, 2.24) is 5.48 Å². The summed E-state index contributed by atoms with van der Waals surface area (Å²) in [5.74, 6) is 0. The first-order chi connectivity index (χ1) is 4.81. The van der Waals surface area contributed by atoms with E-state index in [1.165, 1.54) is 0 Å². The Morgan fingerprint density at radius 3 is 2.40 bits per heavy atom. The van der Waals surface area contributed by atoms with Crippen molar-refractivity contribution in [2.75, 3.05) is 0 Å². The van der Waals surface area contributed by atoms with E-state index in [4.69, 9.17) is 16.4 Å². The molecule has 0 radical (unpaired) electrons. The Morgan fingerprint density at radius 1 is 1.30 bits per heavy atom. The molecule has 0 spiro atoms. The molecule has 0 aromatic heterocycles. The minimum Gasteiger partial charge on any atom is -0.252 e. The van der Waals surface area contributed by atoms with Crippen molar-refractivity contribution in [1.29, 1.82) is 0 Å². The second-order valence-corrected chi connectivity index (χ2v) is 2.70. The molecular formula is C7H6ClNO. The summed E-state index contributed by atoms with van der Waals surface area (Å²) in [6.07, 6.45) is 0. The molecule has 3 heteroatoms.